The van der Waals surface area contributed by atoms with Crippen molar-refractivity contribution in [1.82, 2.24) is 0 Å². The number of carbonyl (C=O) groups is 1. The van der Waals surface area contributed by atoms with Gasteiger partial charge in [0.15, 0.2) is 5.78 Å². The van der Waals surface area contributed by atoms with Gasteiger partial charge in [-0.15, -0.1) is 11.3 Å². The second-order valence-corrected chi connectivity index (χ2v) is 5.43. The number of carbonyl (C=O) groups excluding carboxylic acids is 1. The highest BCUT2D eigenvalue weighted by Gasteiger charge is 2.44. The Kier molecular flexibility index (Phi) is 2.18. The van der Waals surface area contributed by atoms with Crippen LogP contribution in [0, 0.1) is 12.8 Å². The Hall–Kier alpha value is -0.670. The highest BCUT2D eigenvalue weighted by Crippen LogP contribution is 2.41. The fraction of sp³-hybridized carbons (Fsp3) is 0.583. The van der Waals surface area contributed by atoms with E-state index in [1.54, 1.807) is 11.3 Å². The number of hydrogen-bond donors (Lipinski definition) is 0. The van der Waals surface area contributed by atoms with Crippen LogP contribution < -0.4 is 0 Å². The molecule has 0 spiro atoms. The molecule has 0 radical (unpaired) electrons. The third-order valence-electron chi connectivity index (χ3n) is 3.53. The molecule has 80 valence electrons. The molecule has 0 N–H and O–H groups in total. The number of Topliss-reactive ketones (excluding diaryl/α,β-unsaturated/α-hetero) is 1. The summed E-state index contributed by atoms with van der Waals surface area (Å²) < 4.78 is 5.73. The van der Waals surface area contributed by atoms with Crippen LogP contribution in [0.1, 0.15) is 34.5 Å². The molecular weight excluding hydrogens is 208 g/mol. The van der Waals surface area contributed by atoms with Gasteiger partial charge in [0.05, 0.1) is 23.0 Å². The lowest BCUT2D eigenvalue weighted by Gasteiger charge is -2.16. The average molecular weight is 222 g/mol. The van der Waals surface area contributed by atoms with Gasteiger partial charge in [-0.1, -0.05) is 0 Å². The maximum Gasteiger partial charge on any atom is 0.178 e. The second-order valence-electron chi connectivity index (χ2n) is 4.51. The summed E-state index contributed by atoms with van der Waals surface area (Å²) in [6.07, 6.45) is 3.75. The third-order valence-corrected chi connectivity index (χ3v) is 4.56. The molecule has 3 rings (SSSR count). The molecule has 2 saturated heterocycles. The molecule has 0 aromatic carbocycles. The molecule has 2 bridgehead atoms. The monoisotopic (exact) mass is 222 g/mol. The largest absolute Gasteiger partial charge is 0.374 e. The van der Waals surface area contributed by atoms with Gasteiger partial charge in [0, 0.05) is 0 Å². The van der Waals surface area contributed by atoms with Gasteiger partial charge in [0.1, 0.15) is 0 Å². The first-order valence-electron chi connectivity index (χ1n) is 5.49. The molecule has 3 heteroatoms. The van der Waals surface area contributed by atoms with Crippen molar-refractivity contribution in [3.05, 3.63) is 21.9 Å². The summed E-state index contributed by atoms with van der Waals surface area (Å²) in [5.41, 5.74) is 1.12. The highest BCUT2D eigenvalue weighted by atomic mass is 32.1. The van der Waals surface area contributed by atoms with Crippen molar-refractivity contribution in [2.24, 2.45) is 5.92 Å². The van der Waals surface area contributed by atoms with Gasteiger partial charge in [-0.05, 0) is 43.2 Å². The summed E-state index contributed by atoms with van der Waals surface area (Å²) in [5.74, 6) is 0.454. The lowest BCUT2D eigenvalue weighted by Crippen LogP contribution is -2.25. The molecule has 3 atom stereocenters. The zero-order valence-electron chi connectivity index (χ0n) is 8.73. The van der Waals surface area contributed by atoms with Gasteiger partial charge in [0.2, 0.25) is 0 Å². The number of rotatable bonds is 2. The molecule has 2 nitrogen and oxygen atoms in total. The predicted molar refractivity (Wildman–Crippen MR) is 59.4 cm³/mol. The van der Waals surface area contributed by atoms with E-state index in [9.17, 15) is 4.79 Å². The van der Waals surface area contributed by atoms with Crippen LogP contribution in [-0.2, 0) is 4.74 Å². The van der Waals surface area contributed by atoms with Crippen LogP contribution in [0.25, 0.3) is 0 Å². The highest BCUT2D eigenvalue weighted by molar-refractivity contribution is 7.12. The Morgan fingerprint density at radius 2 is 2.40 bits per heavy atom. The quantitative estimate of drug-likeness (QED) is 0.719. The number of hydrogen-bond acceptors (Lipinski definition) is 3. The molecule has 3 heterocycles. The first-order chi connectivity index (χ1) is 7.25. The maximum atomic E-state index is 12.2. The maximum absolute atomic E-state index is 12.2. The molecule has 2 aliphatic heterocycles. The molecule has 1 aromatic heterocycles. The molecular formula is C12H14O2S. The van der Waals surface area contributed by atoms with E-state index in [4.69, 9.17) is 4.74 Å². The minimum atomic E-state index is 0.140. The van der Waals surface area contributed by atoms with Crippen molar-refractivity contribution >= 4 is 17.1 Å². The van der Waals surface area contributed by atoms with Gasteiger partial charge in [-0.25, -0.2) is 0 Å². The van der Waals surface area contributed by atoms with Crippen molar-refractivity contribution in [2.45, 2.75) is 38.4 Å². The Bertz CT molecular complexity index is 396. The molecule has 0 saturated carbocycles. The van der Waals surface area contributed by atoms with Crippen molar-refractivity contribution in [3.63, 3.8) is 0 Å². The molecule has 2 fully saturated rings. The van der Waals surface area contributed by atoms with E-state index in [-0.39, 0.29) is 12.0 Å². The normalized spacial score (nSPS) is 33.5. The van der Waals surface area contributed by atoms with Crippen LogP contribution in [0.5, 0.6) is 0 Å². The van der Waals surface area contributed by atoms with Crippen LogP contribution >= 0.6 is 11.3 Å². The van der Waals surface area contributed by atoms with Crippen LogP contribution in [0.15, 0.2) is 11.4 Å². The van der Waals surface area contributed by atoms with Gasteiger partial charge in [-0.3, -0.25) is 4.79 Å². The van der Waals surface area contributed by atoms with Crippen LogP contribution in [0.2, 0.25) is 0 Å². The number of thiophene rings is 1. The molecule has 0 amide bonds. The Morgan fingerprint density at radius 3 is 2.93 bits per heavy atom. The van der Waals surface area contributed by atoms with Gasteiger partial charge in [0.25, 0.3) is 0 Å². The van der Waals surface area contributed by atoms with E-state index in [2.05, 4.69) is 0 Å². The number of fused-ring (bicyclic) bond motifs is 2. The lowest BCUT2D eigenvalue weighted by molar-refractivity contribution is 0.0746. The minimum absolute atomic E-state index is 0.140. The predicted octanol–water partition coefficient (Wildman–Crippen LogP) is 2.81. The van der Waals surface area contributed by atoms with E-state index in [1.165, 1.54) is 0 Å². The third kappa shape index (κ3) is 1.45. The van der Waals surface area contributed by atoms with E-state index in [1.807, 2.05) is 18.4 Å². The number of ketones is 1. The molecule has 1 aromatic rings. The average Bonchev–Trinajstić information content (AvgIpc) is 2.91. The van der Waals surface area contributed by atoms with Gasteiger partial charge in [-0.2, -0.15) is 0 Å². The van der Waals surface area contributed by atoms with Crippen molar-refractivity contribution < 1.29 is 9.53 Å². The molecule has 15 heavy (non-hydrogen) atoms. The fourth-order valence-electron chi connectivity index (χ4n) is 2.71. The summed E-state index contributed by atoms with van der Waals surface area (Å²) in [5, 5.41) is 2.00. The Labute approximate surface area is 93.3 Å². The Morgan fingerprint density at radius 1 is 1.53 bits per heavy atom. The molecule has 2 aliphatic rings. The smallest absolute Gasteiger partial charge is 0.178 e. The van der Waals surface area contributed by atoms with Gasteiger partial charge >= 0.3 is 0 Å². The Balaban J connectivity index is 1.84. The van der Waals surface area contributed by atoms with E-state index in [0.29, 0.717) is 11.9 Å². The molecule has 3 unspecified atom stereocenters. The van der Waals surface area contributed by atoms with E-state index < -0.39 is 0 Å². The topological polar surface area (TPSA) is 26.3 Å². The van der Waals surface area contributed by atoms with Crippen LogP contribution in [0.4, 0.5) is 0 Å². The fourth-order valence-corrected chi connectivity index (χ4v) is 3.64. The SMILES string of the molecule is Cc1ccsc1C(=O)C1CC2CCC1O2. The van der Waals surface area contributed by atoms with Crippen molar-refractivity contribution in [1.29, 1.82) is 0 Å². The summed E-state index contributed by atoms with van der Waals surface area (Å²) in [7, 11) is 0. The summed E-state index contributed by atoms with van der Waals surface area (Å²) >= 11 is 1.57. The molecule has 0 aliphatic carbocycles. The van der Waals surface area contributed by atoms with E-state index in [0.717, 1.165) is 29.7 Å². The summed E-state index contributed by atoms with van der Waals surface area (Å²) in [6.45, 7) is 2.01. The second kappa shape index (κ2) is 3.42. The summed E-state index contributed by atoms with van der Waals surface area (Å²) in [6, 6.07) is 2.02. The zero-order chi connectivity index (χ0) is 10.4. The zero-order valence-corrected chi connectivity index (χ0v) is 9.55. The lowest BCUT2D eigenvalue weighted by atomic mass is 9.85. The first kappa shape index (κ1) is 9.55. The summed E-state index contributed by atoms with van der Waals surface area (Å²) in [4.78, 5) is 13.2. The van der Waals surface area contributed by atoms with Crippen molar-refractivity contribution in [3.8, 4) is 0 Å². The standard InChI is InChI=1S/C12H14O2S/c1-7-4-5-15-12(7)11(13)9-6-8-2-3-10(9)14-8/h4-5,8-10H,2-3,6H2,1H3. The first-order valence-corrected chi connectivity index (χ1v) is 6.37. The van der Waals surface area contributed by atoms with Crippen LogP contribution in [0.3, 0.4) is 0 Å². The van der Waals surface area contributed by atoms with Crippen LogP contribution in [-0.4, -0.2) is 18.0 Å². The van der Waals surface area contributed by atoms with Crippen molar-refractivity contribution in [2.75, 3.05) is 0 Å². The van der Waals surface area contributed by atoms with Gasteiger partial charge < -0.3 is 4.74 Å². The number of ether oxygens (including phenoxy) is 1. The van der Waals surface area contributed by atoms with E-state index >= 15 is 0 Å². The minimum Gasteiger partial charge on any atom is -0.374 e. The number of aryl methyl sites for hydroxylation is 1.